The van der Waals surface area contributed by atoms with Crippen LogP contribution in [-0.2, 0) is 32.0 Å². The molecule has 0 aromatic carbocycles. The van der Waals surface area contributed by atoms with Crippen molar-refractivity contribution in [2.75, 3.05) is 0 Å². The van der Waals surface area contributed by atoms with E-state index in [-0.39, 0.29) is 36.5 Å². The zero-order chi connectivity index (χ0) is 32.6. The Morgan fingerprint density at radius 2 is 1.02 bits per heavy atom. The van der Waals surface area contributed by atoms with Crippen LogP contribution in [0.3, 0.4) is 0 Å². The first-order valence-electron chi connectivity index (χ1n) is 14.9. The van der Waals surface area contributed by atoms with Crippen LogP contribution in [0.4, 0.5) is 0 Å². The Hall–Kier alpha value is -4.60. The van der Waals surface area contributed by atoms with Gasteiger partial charge < -0.3 is 30.8 Å². The third-order valence-electron chi connectivity index (χ3n) is 9.06. The quantitative estimate of drug-likeness (QED) is 0.202. The van der Waals surface area contributed by atoms with Crippen LogP contribution < -0.4 is 10.6 Å². The Morgan fingerprint density at radius 1 is 0.659 bits per heavy atom. The number of nitrogens with one attached hydrogen (secondary N) is 4. The maximum absolute atomic E-state index is 12.3. The van der Waals surface area contributed by atoms with Gasteiger partial charge in [-0.2, -0.15) is 0 Å². The second kappa shape index (κ2) is 12.6. The number of aromatic nitrogens is 2. The van der Waals surface area contributed by atoms with Crippen LogP contribution in [0.1, 0.15) is 105 Å². The van der Waals surface area contributed by atoms with Gasteiger partial charge >= 0.3 is 11.9 Å². The third kappa shape index (κ3) is 6.20. The number of rotatable bonds is 11. The Bertz CT molecular complexity index is 1570. The molecule has 4 rings (SSSR count). The van der Waals surface area contributed by atoms with Gasteiger partial charge in [-0.15, -0.1) is 0 Å². The monoisotopic (exact) mass is 602 g/mol. The van der Waals surface area contributed by atoms with Gasteiger partial charge in [-0.05, 0) is 106 Å². The predicted molar refractivity (Wildman–Crippen MR) is 169 cm³/mol. The Kier molecular flexibility index (Phi) is 9.22. The molecule has 1 unspecified atom stereocenters. The molecular formula is C34H42N4O6. The first kappa shape index (κ1) is 32.3. The molecule has 10 nitrogen and oxygen atoms in total. The molecule has 0 saturated carbocycles. The summed E-state index contributed by atoms with van der Waals surface area (Å²) in [5.41, 5.74) is 11.2. The summed E-state index contributed by atoms with van der Waals surface area (Å²) in [6.07, 6.45) is 4.28. The van der Waals surface area contributed by atoms with Gasteiger partial charge in [0.05, 0.1) is 0 Å². The van der Waals surface area contributed by atoms with E-state index in [9.17, 15) is 29.4 Å². The van der Waals surface area contributed by atoms with Crippen molar-refractivity contribution in [3.05, 3.63) is 78.7 Å². The molecule has 6 N–H and O–H groups in total. The second-order valence-corrected chi connectivity index (χ2v) is 12.1. The lowest BCUT2D eigenvalue weighted by Gasteiger charge is -2.23. The molecule has 2 aromatic heterocycles. The smallest absolute Gasteiger partial charge is 0.303 e. The van der Waals surface area contributed by atoms with E-state index in [1.165, 1.54) is 0 Å². The highest BCUT2D eigenvalue weighted by molar-refractivity contribution is 6.01. The standard InChI is InChI=1S/C34H42N4O6/c1-15(2)30(31-22(9-11-28(39)40)20(7)26(35-31)13-24-16(3)18(5)33(43)37-24)32-23(10-12-29(41)42)21(8)27(36-32)14-25-17(4)19(6)34(44)38-25/h13-15,30,35-36H,9-12H2,1-8H3,(H,37,43)(H,38,44)(H,39,40)(H,41,42)/b24-13-,25-14+. The molecule has 44 heavy (non-hydrogen) atoms. The summed E-state index contributed by atoms with van der Waals surface area (Å²) in [5.74, 6) is -2.32. The molecule has 2 aliphatic rings. The van der Waals surface area contributed by atoms with Gasteiger partial charge in [0, 0.05) is 64.1 Å². The van der Waals surface area contributed by atoms with E-state index in [1.54, 1.807) is 13.8 Å². The van der Waals surface area contributed by atoms with Crippen LogP contribution in [0.15, 0.2) is 33.7 Å². The summed E-state index contributed by atoms with van der Waals surface area (Å²) >= 11 is 0. The number of hydrogen-bond acceptors (Lipinski definition) is 4. The van der Waals surface area contributed by atoms with E-state index >= 15 is 0 Å². The fourth-order valence-electron chi connectivity index (χ4n) is 6.04. The van der Waals surface area contributed by atoms with Crippen LogP contribution in [-0.4, -0.2) is 43.9 Å². The van der Waals surface area contributed by atoms with E-state index in [4.69, 9.17) is 0 Å². The van der Waals surface area contributed by atoms with Gasteiger partial charge in [0.1, 0.15) is 0 Å². The Labute approximate surface area is 257 Å². The molecule has 0 spiro atoms. The summed E-state index contributed by atoms with van der Waals surface area (Å²) in [6, 6.07) is 0. The first-order valence-corrected chi connectivity index (χ1v) is 14.9. The molecule has 1 atom stereocenters. The SMILES string of the molecule is CC1=C(C)/C(=C/c2[nH]c(C(c3[nH]c(/C=C4/NC(=O)C(C)=C4C)c(C)c3CCC(=O)O)C(C)C)c(CCC(=O)O)c2C)NC1=O. The number of hydrogen-bond donors (Lipinski definition) is 6. The molecule has 2 aromatic rings. The average Bonchev–Trinajstić information content (AvgIpc) is 3.58. The lowest BCUT2D eigenvalue weighted by atomic mass is 9.83. The summed E-state index contributed by atoms with van der Waals surface area (Å²) < 4.78 is 0. The van der Waals surface area contributed by atoms with Crippen LogP contribution >= 0.6 is 0 Å². The van der Waals surface area contributed by atoms with Gasteiger partial charge in [-0.25, -0.2) is 0 Å². The highest BCUT2D eigenvalue weighted by Crippen LogP contribution is 2.40. The maximum atomic E-state index is 12.3. The molecule has 0 fully saturated rings. The maximum Gasteiger partial charge on any atom is 0.303 e. The number of carboxylic acid groups (broad SMARTS) is 2. The van der Waals surface area contributed by atoms with Crippen molar-refractivity contribution >= 4 is 35.9 Å². The van der Waals surface area contributed by atoms with E-state index in [0.717, 1.165) is 56.2 Å². The fraction of sp³-hybridized carbons (Fsp3) is 0.412. The van der Waals surface area contributed by atoms with Crippen molar-refractivity contribution in [3.63, 3.8) is 0 Å². The van der Waals surface area contributed by atoms with Crippen LogP contribution in [0.25, 0.3) is 12.2 Å². The zero-order valence-corrected chi connectivity index (χ0v) is 26.7. The van der Waals surface area contributed by atoms with Gasteiger partial charge in [0.2, 0.25) is 0 Å². The minimum Gasteiger partial charge on any atom is -0.481 e. The fourth-order valence-corrected chi connectivity index (χ4v) is 6.04. The largest absolute Gasteiger partial charge is 0.481 e. The second-order valence-electron chi connectivity index (χ2n) is 12.1. The first-order chi connectivity index (χ1) is 20.6. The lowest BCUT2D eigenvalue weighted by Crippen LogP contribution is -2.15. The predicted octanol–water partition coefficient (Wildman–Crippen LogP) is 5.40. The summed E-state index contributed by atoms with van der Waals surface area (Å²) in [4.78, 5) is 55.1. The minimum atomic E-state index is -0.904. The van der Waals surface area contributed by atoms with Gasteiger partial charge in [-0.3, -0.25) is 19.2 Å². The van der Waals surface area contributed by atoms with Crippen LogP contribution in [0, 0.1) is 19.8 Å². The highest BCUT2D eigenvalue weighted by Gasteiger charge is 2.31. The van der Waals surface area contributed by atoms with Crippen molar-refractivity contribution in [3.8, 4) is 0 Å². The molecule has 0 bridgehead atoms. The molecule has 0 saturated heterocycles. The van der Waals surface area contributed by atoms with Crippen LogP contribution in [0.5, 0.6) is 0 Å². The molecule has 10 heteroatoms. The molecule has 2 aliphatic heterocycles. The van der Waals surface area contributed by atoms with Crippen molar-refractivity contribution in [1.29, 1.82) is 0 Å². The van der Waals surface area contributed by atoms with Crippen molar-refractivity contribution in [2.24, 2.45) is 5.92 Å². The number of allylic oxidation sites excluding steroid dienone is 2. The summed E-state index contributed by atoms with van der Waals surface area (Å²) in [6.45, 7) is 15.4. The third-order valence-corrected chi connectivity index (χ3v) is 9.06. The van der Waals surface area contributed by atoms with Crippen molar-refractivity contribution in [1.82, 2.24) is 20.6 Å². The minimum absolute atomic E-state index is 0.0318. The topological polar surface area (TPSA) is 164 Å². The van der Waals surface area contributed by atoms with E-state index in [0.29, 0.717) is 35.4 Å². The summed E-state index contributed by atoms with van der Waals surface area (Å²) in [5, 5.41) is 25.0. The number of carboxylic acids is 2. The number of carbonyl (C=O) groups excluding carboxylic acids is 2. The number of aromatic amines is 2. The van der Waals surface area contributed by atoms with Crippen molar-refractivity contribution < 1.29 is 29.4 Å². The van der Waals surface area contributed by atoms with Gasteiger partial charge in [-0.1, -0.05) is 13.8 Å². The molecule has 0 aliphatic carbocycles. The average molecular weight is 603 g/mol. The van der Waals surface area contributed by atoms with Crippen molar-refractivity contribution in [2.45, 2.75) is 87.0 Å². The van der Waals surface area contributed by atoms with E-state index in [1.807, 2.05) is 39.8 Å². The Morgan fingerprint density at radius 3 is 1.30 bits per heavy atom. The number of carbonyl (C=O) groups is 4. The number of amides is 2. The number of aliphatic carboxylic acids is 2. The lowest BCUT2D eigenvalue weighted by molar-refractivity contribution is -0.138. The van der Waals surface area contributed by atoms with E-state index < -0.39 is 11.9 Å². The summed E-state index contributed by atoms with van der Waals surface area (Å²) in [7, 11) is 0. The normalized spacial score (nSPS) is 17.8. The molecular weight excluding hydrogens is 560 g/mol. The zero-order valence-electron chi connectivity index (χ0n) is 26.7. The molecule has 2 amide bonds. The van der Waals surface area contributed by atoms with E-state index in [2.05, 4.69) is 34.4 Å². The highest BCUT2D eigenvalue weighted by atomic mass is 16.4. The molecule has 0 radical (unpaired) electrons. The van der Waals surface area contributed by atoms with Gasteiger partial charge in [0.15, 0.2) is 0 Å². The molecule has 234 valence electrons. The van der Waals surface area contributed by atoms with Gasteiger partial charge in [0.25, 0.3) is 11.8 Å². The van der Waals surface area contributed by atoms with Crippen LogP contribution in [0.2, 0.25) is 0 Å². The Balaban J connectivity index is 1.92. The number of H-pyrrole nitrogens is 2. The molecule has 4 heterocycles.